The van der Waals surface area contributed by atoms with E-state index in [1.807, 2.05) is 30.6 Å². The van der Waals surface area contributed by atoms with Crippen LogP contribution in [0.1, 0.15) is 45.2 Å². The molecule has 3 fully saturated rings. The maximum absolute atomic E-state index is 13.0. The van der Waals surface area contributed by atoms with Gasteiger partial charge in [-0.05, 0) is 33.6 Å². The molecule has 2 bridgehead atoms. The number of aromatic nitrogens is 2. The predicted octanol–water partition coefficient (Wildman–Crippen LogP) is 2.32. The standard InChI is InChI=1S/C18H22N4O3S/c1-10-15(12(3)25-20-10)8-22-14-5-4-13(17(22)23)6-21(7-14)18(24)16-11(2)19-9-26-16/h9,13-14H,4-8H2,1-3H3/t13-,14+/m1/s1. The summed E-state index contributed by atoms with van der Waals surface area (Å²) < 4.78 is 5.25. The molecular weight excluding hydrogens is 352 g/mol. The van der Waals surface area contributed by atoms with Gasteiger partial charge < -0.3 is 14.3 Å². The van der Waals surface area contributed by atoms with Crippen LogP contribution in [0.15, 0.2) is 10.0 Å². The molecule has 3 aliphatic heterocycles. The molecule has 0 unspecified atom stereocenters. The molecule has 0 aliphatic carbocycles. The number of hydrogen-bond donors (Lipinski definition) is 0. The molecule has 138 valence electrons. The molecule has 2 atom stereocenters. The number of aryl methyl sites for hydroxylation is 3. The van der Waals surface area contributed by atoms with Gasteiger partial charge in [-0.2, -0.15) is 0 Å². The zero-order chi connectivity index (χ0) is 18.4. The van der Waals surface area contributed by atoms with Gasteiger partial charge in [0.25, 0.3) is 5.91 Å². The Morgan fingerprint density at radius 1 is 1.27 bits per heavy atom. The minimum Gasteiger partial charge on any atom is -0.361 e. The molecule has 2 aromatic rings. The number of rotatable bonds is 3. The van der Waals surface area contributed by atoms with E-state index < -0.39 is 0 Å². The summed E-state index contributed by atoms with van der Waals surface area (Å²) in [6, 6.07) is 0.0344. The van der Waals surface area contributed by atoms with E-state index >= 15 is 0 Å². The molecule has 7 nitrogen and oxygen atoms in total. The lowest BCUT2D eigenvalue weighted by Crippen LogP contribution is -2.47. The van der Waals surface area contributed by atoms with Crippen LogP contribution in [0.2, 0.25) is 0 Å². The van der Waals surface area contributed by atoms with Crippen molar-refractivity contribution in [3.63, 3.8) is 0 Å². The Labute approximate surface area is 156 Å². The van der Waals surface area contributed by atoms with E-state index in [-0.39, 0.29) is 23.8 Å². The number of carbonyl (C=O) groups excluding carboxylic acids is 2. The van der Waals surface area contributed by atoms with Gasteiger partial charge in [-0.1, -0.05) is 5.16 Å². The van der Waals surface area contributed by atoms with Crippen molar-refractivity contribution in [2.24, 2.45) is 5.92 Å². The van der Waals surface area contributed by atoms with Crippen molar-refractivity contribution in [1.82, 2.24) is 19.9 Å². The van der Waals surface area contributed by atoms with E-state index in [0.29, 0.717) is 24.5 Å². The van der Waals surface area contributed by atoms with E-state index in [4.69, 9.17) is 4.52 Å². The van der Waals surface area contributed by atoms with Gasteiger partial charge >= 0.3 is 0 Å². The third-order valence-corrected chi connectivity index (χ3v) is 6.45. The summed E-state index contributed by atoms with van der Waals surface area (Å²) in [6.45, 7) is 7.19. The second-order valence-electron chi connectivity index (χ2n) is 7.17. The Bertz CT molecular complexity index is 839. The number of piperidine rings is 1. The van der Waals surface area contributed by atoms with Crippen LogP contribution in [0.5, 0.6) is 0 Å². The highest BCUT2D eigenvalue weighted by Crippen LogP contribution is 2.32. The van der Waals surface area contributed by atoms with Crippen LogP contribution in [0, 0.1) is 26.7 Å². The number of fused-ring (bicyclic) bond motifs is 4. The Morgan fingerprint density at radius 3 is 2.73 bits per heavy atom. The number of nitrogens with zero attached hydrogens (tertiary/aromatic N) is 4. The Balaban J connectivity index is 1.58. The van der Waals surface area contributed by atoms with Crippen molar-refractivity contribution < 1.29 is 14.1 Å². The summed E-state index contributed by atoms with van der Waals surface area (Å²) in [7, 11) is 0. The fourth-order valence-corrected chi connectivity index (χ4v) is 4.73. The molecule has 26 heavy (non-hydrogen) atoms. The van der Waals surface area contributed by atoms with Crippen LogP contribution >= 0.6 is 11.3 Å². The molecule has 0 N–H and O–H groups in total. The summed E-state index contributed by atoms with van der Waals surface area (Å²) in [5.41, 5.74) is 4.26. The third kappa shape index (κ3) is 2.82. The van der Waals surface area contributed by atoms with Gasteiger partial charge in [-0.3, -0.25) is 9.59 Å². The zero-order valence-corrected chi connectivity index (χ0v) is 16.0. The lowest BCUT2D eigenvalue weighted by molar-refractivity contribution is -0.140. The fourth-order valence-electron chi connectivity index (χ4n) is 3.96. The predicted molar refractivity (Wildman–Crippen MR) is 95.8 cm³/mol. The van der Waals surface area contributed by atoms with Crippen LogP contribution in [0.25, 0.3) is 0 Å². The average Bonchev–Trinajstić information content (AvgIpc) is 3.05. The van der Waals surface area contributed by atoms with Crippen molar-refractivity contribution >= 4 is 23.2 Å². The molecule has 0 aromatic carbocycles. The highest BCUT2D eigenvalue weighted by molar-refractivity contribution is 7.11. The van der Waals surface area contributed by atoms with Crippen LogP contribution in [0.4, 0.5) is 0 Å². The SMILES string of the molecule is Cc1ncsc1C(=O)N1C[C@H]2CC[C@@H](C1)N(Cc1c(C)noc1C)C2=O. The molecule has 5 rings (SSSR count). The van der Waals surface area contributed by atoms with E-state index in [0.717, 1.165) is 35.6 Å². The Morgan fingerprint density at radius 2 is 2.08 bits per heavy atom. The number of amides is 2. The van der Waals surface area contributed by atoms with Crippen LogP contribution < -0.4 is 0 Å². The quantitative estimate of drug-likeness (QED) is 0.824. The van der Waals surface area contributed by atoms with E-state index in [9.17, 15) is 9.59 Å². The van der Waals surface area contributed by atoms with Gasteiger partial charge in [0.1, 0.15) is 10.6 Å². The smallest absolute Gasteiger partial charge is 0.265 e. The lowest BCUT2D eigenvalue weighted by atomic mass is 9.93. The molecule has 8 heteroatoms. The van der Waals surface area contributed by atoms with E-state index in [2.05, 4.69) is 10.1 Å². The van der Waals surface area contributed by atoms with Gasteiger partial charge in [0.15, 0.2) is 0 Å². The first-order valence-electron chi connectivity index (χ1n) is 8.87. The van der Waals surface area contributed by atoms with Gasteiger partial charge in [0.2, 0.25) is 5.91 Å². The van der Waals surface area contributed by atoms with Gasteiger partial charge in [0, 0.05) is 24.7 Å². The third-order valence-electron chi connectivity index (χ3n) is 5.53. The van der Waals surface area contributed by atoms with Crippen molar-refractivity contribution in [2.45, 2.75) is 46.2 Å². The molecule has 2 aromatic heterocycles. The van der Waals surface area contributed by atoms with Gasteiger partial charge in [-0.15, -0.1) is 11.3 Å². The van der Waals surface area contributed by atoms with E-state index in [1.54, 1.807) is 5.51 Å². The van der Waals surface area contributed by atoms with Crippen LogP contribution in [0.3, 0.4) is 0 Å². The van der Waals surface area contributed by atoms with Crippen molar-refractivity contribution in [3.8, 4) is 0 Å². The van der Waals surface area contributed by atoms with Crippen LogP contribution in [-0.4, -0.2) is 50.9 Å². The van der Waals surface area contributed by atoms with Gasteiger partial charge in [0.05, 0.1) is 29.4 Å². The zero-order valence-electron chi connectivity index (χ0n) is 15.2. The summed E-state index contributed by atoms with van der Waals surface area (Å²) in [4.78, 5) is 34.6. The molecule has 0 saturated carbocycles. The highest BCUT2D eigenvalue weighted by atomic mass is 32.1. The minimum atomic E-state index is -0.133. The first-order chi connectivity index (χ1) is 12.5. The number of carbonyl (C=O) groups is 2. The second kappa shape index (κ2) is 6.50. The topological polar surface area (TPSA) is 79.5 Å². The Hall–Kier alpha value is -2.22. The van der Waals surface area contributed by atoms with Crippen LogP contribution in [-0.2, 0) is 11.3 Å². The molecule has 3 aliphatic rings. The van der Waals surface area contributed by atoms with Gasteiger partial charge in [-0.25, -0.2) is 4.98 Å². The van der Waals surface area contributed by atoms with E-state index in [1.165, 1.54) is 11.3 Å². The average molecular weight is 374 g/mol. The first-order valence-corrected chi connectivity index (χ1v) is 9.75. The summed E-state index contributed by atoms with van der Waals surface area (Å²) in [5, 5.41) is 4.00. The molecule has 2 amide bonds. The fraction of sp³-hybridized carbons (Fsp3) is 0.556. The normalized spacial score (nSPS) is 22.8. The number of hydrogen-bond acceptors (Lipinski definition) is 6. The molecule has 5 heterocycles. The first kappa shape index (κ1) is 17.2. The highest BCUT2D eigenvalue weighted by Gasteiger charge is 2.42. The summed E-state index contributed by atoms with van der Waals surface area (Å²) in [5.74, 6) is 0.751. The lowest BCUT2D eigenvalue weighted by Gasteiger charge is -2.35. The maximum Gasteiger partial charge on any atom is 0.265 e. The maximum atomic E-state index is 13.0. The molecule has 3 saturated heterocycles. The second-order valence-corrected chi connectivity index (χ2v) is 8.03. The minimum absolute atomic E-state index is 0.00566. The largest absolute Gasteiger partial charge is 0.361 e. The summed E-state index contributed by atoms with van der Waals surface area (Å²) >= 11 is 1.37. The van der Waals surface area contributed by atoms with Crippen molar-refractivity contribution in [1.29, 1.82) is 0 Å². The van der Waals surface area contributed by atoms with Crippen molar-refractivity contribution in [2.75, 3.05) is 13.1 Å². The molecular formula is C18H22N4O3S. The Kier molecular flexibility index (Phi) is 4.30. The number of thiazole rings is 1. The molecule has 0 radical (unpaired) electrons. The van der Waals surface area contributed by atoms with Crippen molar-refractivity contribution in [3.05, 3.63) is 33.1 Å². The monoisotopic (exact) mass is 374 g/mol. The summed E-state index contributed by atoms with van der Waals surface area (Å²) in [6.07, 6.45) is 1.76. The molecule has 0 spiro atoms.